The number of anilines is 1. The van der Waals surface area contributed by atoms with Gasteiger partial charge in [-0.05, 0) is 17.7 Å². The van der Waals surface area contributed by atoms with Crippen molar-refractivity contribution in [2.75, 3.05) is 5.32 Å². The van der Waals surface area contributed by atoms with Crippen LogP contribution in [0.25, 0.3) is 16.2 Å². The number of halogens is 3. The number of hydrogen-bond acceptors (Lipinski definition) is 3. The standard InChI is InChI=1S/C20H14F3N3OS/c21-20(22,23)14-5-3-4-13(10-14)11-18(27)24-16-7-2-1-6-15(16)17-12-26-8-9-28-19(26)25-17/h1-10,12H,11H2,(H,24,27). The van der Waals surface area contributed by atoms with Crippen LogP contribution < -0.4 is 5.32 Å². The summed E-state index contributed by atoms with van der Waals surface area (Å²) in [7, 11) is 0. The Hall–Kier alpha value is -3.13. The lowest BCUT2D eigenvalue weighted by Gasteiger charge is -2.11. The summed E-state index contributed by atoms with van der Waals surface area (Å²) in [5, 5.41) is 4.71. The number of carbonyl (C=O) groups is 1. The first-order chi connectivity index (χ1) is 13.4. The monoisotopic (exact) mass is 401 g/mol. The van der Waals surface area contributed by atoms with Gasteiger partial charge in [-0.3, -0.25) is 9.20 Å². The molecule has 0 aliphatic carbocycles. The van der Waals surface area contributed by atoms with Gasteiger partial charge in [0.05, 0.1) is 23.4 Å². The summed E-state index contributed by atoms with van der Waals surface area (Å²) in [6.45, 7) is 0. The van der Waals surface area contributed by atoms with E-state index >= 15 is 0 Å². The number of benzene rings is 2. The molecule has 2 aromatic carbocycles. The second-order valence-electron chi connectivity index (χ2n) is 6.19. The molecule has 0 saturated heterocycles. The smallest absolute Gasteiger partial charge is 0.325 e. The lowest BCUT2D eigenvalue weighted by molar-refractivity contribution is -0.137. The summed E-state index contributed by atoms with van der Waals surface area (Å²) >= 11 is 1.50. The summed E-state index contributed by atoms with van der Waals surface area (Å²) < 4.78 is 40.4. The maximum atomic E-state index is 12.8. The minimum absolute atomic E-state index is 0.156. The first kappa shape index (κ1) is 18.2. The van der Waals surface area contributed by atoms with E-state index in [9.17, 15) is 18.0 Å². The van der Waals surface area contributed by atoms with Crippen LogP contribution in [0.3, 0.4) is 0 Å². The highest BCUT2D eigenvalue weighted by Crippen LogP contribution is 2.30. The Morgan fingerprint density at radius 1 is 1.14 bits per heavy atom. The highest BCUT2D eigenvalue weighted by molar-refractivity contribution is 7.15. The Bertz CT molecular complexity index is 1120. The number of amides is 1. The molecule has 2 aromatic heterocycles. The summed E-state index contributed by atoms with van der Waals surface area (Å²) in [6.07, 6.45) is -0.835. The van der Waals surface area contributed by atoms with Crippen molar-refractivity contribution >= 4 is 27.9 Å². The quantitative estimate of drug-likeness (QED) is 0.507. The number of hydrogen-bond donors (Lipinski definition) is 1. The maximum Gasteiger partial charge on any atom is 0.416 e. The zero-order chi connectivity index (χ0) is 19.7. The second kappa shape index (κ2) is 7.12. The van der Waals surface area contributed by atoms with E-state index in [0.717, 1.165) is 22.7 Å². The van der Waals surface area contributed by atoms with Crippen molar-refractivity contribution in [3.05, 3.63) is 77.4 Å². The fourth-order valence-electron chi connectivity index (χ4n) is 2.91. The molecule has 0 aliphatic rings. The molecule has 1 N–H and O–H groups in total. The molecule has 8 heteroatoms. The molecule has 28 heavy (non-hydrogen) atoms. The minimum atomic E-state index is -4.44. The van der Waals surface area contributed by atoms with Crippen molar-refractivity contribution in [2.45, 2.75) is 12.6 Å². The van der Waals surface area contributed by atoms with Crippen LogP contribution >= 0.6 is 11.3 Å². The number of alkyl halides is 3. The third-order valence-electron chi connectivity index (χ3n) is 4.19. The highest BCUT2D eigenvalue weighted by Gasteiger charge is 2.30. The van der Waals surface area contributed by atoms with Gasteiger partial charge in [-0.15, -0.1) is 11.3 Å². The first-order valence-electron chi connectivity index (χ1n) is 8.38. The van der Waals surface area contributed by atoms with E-state index in [1.165, 1.54) is 23.5 Å². The third-order valence-corrected chi connectivity index (χ3v) is 4.96. The summed E-state index contributed by atoms with van der Waals surface area (Å²) in [5.74, 6) is -0.396. The van der Waals surface area contributed by atoms with Crippen LogP contribution in [0, 0.1) is 0 Å². The SMILES string of the molecule is O=C(Cc1cccc(C(F)(F)F)c1)Nc1ccccc1-c1cn2ccsc2n1. The highest BCUT2D eigenvalue weighted by atomic mass is 32.1. The zero-order valence-corrected chi connectivity index (χ0v) is 15.2. The number of aromatic nitrogens is 2. The van der Waals surface area contributed by atoms with Crippen LogP contribution in [0.4, 0.5) is 18.9 Å². The molecule has 0 radical (unpaired) electrons. The molecule has 0 bridgehead atoms. The van der Waals surface area contributed by atoms with Crippen LogP contribution in [0.15, 0.2) is 66.3 Å². The molecule has 4 rings (SSSR count). The van der Waals surface area contributed by atoms with E-state index in [-0.39, 0.29) is 6.42 Å². The van der Waals surface area contributed by atoms with Crippen molar-refractivity contribution in [2.24, 2.45) is 0 Å². The number of imidazole rings is 1. The van der Waals surface area contributed by atoms with Crippen molar-refractivity contribution in [1.29, 1.82) is 0 Å². The minimum Gasteiger partial charge on any atom is -0.325 e. The Morgan fingerprint density at radius 2 is 1.96 bits per heavy atom. The molecule has 4 aromatic rings. The van der Waals surface area contributed by atoms with Gasteiger partial charge in [-0.25, -0.2) is 4.98 Å². The van der Waals surface area contributed by atoms with Gasteiger partial charge in [0.25, 0.3) is 0 Å². The zero-order valence-electron chi connectivity index (χ0n) is 14.4. The Labute approximate surface area is 162 Å². The average Bonchev–Trinajstić information content (AvgIpc) is 3.23. The predicted molar refractivity (Wildman–Crippen MR) is 102 cm³/mol. The molecule has 0 unspecified atom stereocenters. The Balaban J connectivity index is 1.55. The molecular weight excluding hydrogens is 387 g/mol. The van der Waals surface area contributed by atoms with E-state index in [0.29, 0.717) is 16.9 Å². The van der Waals surface area contributed by atoms with Gasteiger partial charge in [0.1, 0.15) is 0 Å². The van der Waals surface area contributed by atoms with Crippen LogP contribution in [-0.2, 0) is 17.4 Å². The van der Waals surface area contributed by atoms with Crippen LogP contribution in [-0.4, -0.2) is 15.3 Å². The molecular formula is C20H14F3N3OS. The normalized spacial score (nSPS) is 11.7. The second-order valence-corrected chi connectivity index (χ2v) is 7.06. The van der Waals surface area contributed by atoms with Gasteiger partial charge in [-0.2, -0.15) is 13.2 Å². The predicted octanol–water partition coefficient (Wildman–Crippen LogP) is 5.26. The molecule has 0 spiro atoms. The summed E-state index contributed by atoms with van der Waals surface area (Å²) in [4.78, 5) is 17.8. The summed E-state index contributed by atoms with van der Waals surface area (Å²) in [6, 6.07) is 12.0. The number of fused-ring (bicyclic) bond motifs is 1. The number of para-hydroxylation sites is 1. The summed E-state index contributed by atoms with van der Waals surface area (Å²) in [5.41, 5.74) is 1.55. The number of nitrogens with one attached hydrogen (secondary N) is 1. The number of nitrogens with zero attached hydrogens (tertiary/aromatic N) is 2. The van der Waals surface area contributed by atoms with Crippen molar-refractivity contribution in [3.63, 3.8) is 0 Å². The lowest BCUT2D eigenvalue weighted by atomic mass is 10.1. The molecule has 142 valence electrons. The number of rotatable bonds is 4. The van der Waals surface area contributed by atoms with Gasteiger partial charge >= 0.3 is 6.18 Å². The molecule has 1 amide bonds. The van der Waals surface area contributed by atoms with Gasteiger partial charge in [0.2, 0.25) is 5.91 Å². The molecule has 4 nitrogen and oxygen atoms in total. The van der Waals surface area contributed by atoms with Crippen molar-refractivity contribution in [1.82, 2.24) is 9.38 Å². The fourth-order valence-corrected chi connectivity index (χ4v) is 3.61. The van der Waals surface area contributed by atoms with E-state index in [1.807, 2.05) is 34.3 Å². The number of thiazole rings is 1. The molecule has 0 atom stereocenters. The van der Waals surface area contributed by atoms with E-state index in [4.69, 9.17) is 0 Å². The first-order valence-corrected chi connectivity index (χ1v) is 9.26. The van der Waals surface area contributed by atoms with E-state index in [1.54, 1.807) is 12.1 Å². The van der Waals surface area contributed by atoms with E-state index < -0.39 is 17.6 Å². The average molecular weight is 401 g/mol. The van der Waals surface area contributed by atoms with Crippen molar-refractivity contribution in [3.8, 4) is 11.3 Å². The lowest BCUT2D eigenvalue weighted by Crippen LogP contribution is -2.15. The van der Waals surface area contributed by atoms with E-state index in [2.05, 4.69) is 10.3 Å². The largest absolute Gasteiger partial charge is 0.416 e. The van der Waals surface area contributed by atoms with Crippen molar-refractivity contribution < 1.29 is 18.0 Å². The molecule has 0 fully saturated rings. The van der Waals surface area contributed by atoms with Gasteiger partial charge in [0.15, 0.2) is 4.96 Å². The molecule has 2 heterocycles. The van der Waals surface area contributed by atoms with Gasteiger partial charge in [0, 0.05) is 23.3 Å². The van der Waals surface area contributed by atoms with Crippen LogP contribution in [0.2, 0.25) is 0 Å². The maximum absolute atomic E-state index is 12.8. The Kier molecular flexibility index (Phi) is 4.64. The Morgan fingerprint density at radius 3 is 2.75 bits per heavy atom. The fraction of sp³-hybridized carbons (Fsp3) is 0.100. The van der Waals surface area contributed by atoms with Crippen LogP contribution in [0.5, 0.6) is 0 Å². The van der Waals surface area contributed by atoms with Gasteiger partial charge in [-0.1, -0.05) is 36.4 Å². The molecule has 0 aliphatic heterocycles. The topological polar surface area (TPSA) is 46.4 Å². The number of carbonyl (C=O) groups excluding carboxylic acids is 1. The third kappa shape index (κ3) is 3.77. The van der Waals surface area contributed by atoms with Crippen LogP contribution in [0.1, 0.15) is 11.1 Å². The van der Waals surface area contributed by atoms with Gasteiger partial charge < -0.3 is 5.32 Å². The molecule has 0 saturated carbocycles.